The molecule has 0 atom stereocenters. The third-order valence-electron chi connectivity index (χ3n) is 2.71. The standard InChI is InChI=1S/C11H12ClN3/c12-10-1-2-11(9(3-10)5-14)15-6-8(4-13)7-15/h1-3,8H,4,6-7,13H2. The van der Waals surface area contributed by atoms with Gasteiger partial charge in [0.25, 0.3) is 0 Å². The Labute approximate surface area is 94.0 Å². The minimum Gasteiger partial charge on any atom is -0.370 e. The summed E-state index contributed by atoms with van der Waals surface area (Å²) in [6.45, 7) is 2.59. The topological polar surface area (TPSA) is 53.0 Å². The van der Waals surface area contributed by atoms with Crippen molar-refractivity contribution in [2.75, 3.05) is 24.5 Å². The average molecular weight is 222 g/mol. The van der Waals surface area contributed by atoms with Crippen LogP contribution in [0.1, 0.15) is 5.56 Å². The van der Waals surface area contributed by atoms with Crippen molar-refractivity contribution in [1.82, 2.24) is 0 Å². The summed E-state index contributed by atoms with van der Waals surface area (Å²) >= 11 is 5.83. The van der Waals surface area contributed by atoms with E-state index >= 15 is 0 Å². The van der Waals surface area contributed by atoms with Gasteiger partial charge in [0, 0.05) is 24.0 Å². The van der Waals surface area contributed by atoms with Crippen molar-refractivity contribution >= 4 is 17.3 Å². The van der Waals surface area contributed by atoms with E-state index in [1.165, 1.54) is 0 Å². The summed E-state index contributed by atoms with van der Waals surface area (Å²) < 4.78 is 0. The zero-order valence-electron chi connectivity index (χ0n) is 8.28. The second-order valence-electron chi connectivity index (χ2n) is 3.78. The van der Waals surface area contributed by atoms with Gasteiger partial charge in [0.05, 0.1) is 11.3 Å². The van der Waals surface area contributed by atoms with Gasteiger partial charge >= 0.3 is 0 Å². The van der Waals surface area contributed by atoms with Gasteiger partial charge in [-0.1, -0.05) is 11.6 Å². The van der Waals surface area contributed by atoms with Crippen molar-refractivity contribution < 1.29 is 0 Å². The maximum Gasteiger partial charge on any atom is 0.101 e. The summed E-state index contributed by atoms with van der Waals surface area (Å²) in [7, 11) is 0. The van der Waals surface area contributed by atoms with E-state index in [-0.39, 0.29) is 0 Å². The molecule has 2 rings (SSSR count). The van der Waals surface area contributed by atoms with Crippen LogP contribution in [0.5, 0.6) is 0 Å². The second kappa shape index (κ2) is 4.09. The Bertz CT molecular complexity index is 405. The zero-order valence-corrected chi connectivity index (χ0v) is 9.04. The molecule has 1 aromatic rings. The molecule has 1 fully saturated rings. The fourth-order valence-electron chi connectivity index (χ4n) is 1.79. The third-order valence-corrected chi connectivity index (χ3v) is 2.95. The largest absolute Gasteiger partial charge is 0.370 e. The molecule has 0 saturated carbocycles. The number of hydrogen-bond acceptors (Lipinski definition) is 3. The van der Waals surface area contributed by atoms with Crippen molar-refractivity contribution in [3.8, 4) is 6.07 Å². The fraction of sp³-hybridized carbons (Fsp3) is 0.364. The molecule has 0 aromatic heterocycles. The predicted molar refractivity (Wildman–Crippen MR) is 60.9 cm³/mol. The highest BCUT2D eigenvalue weighted by Crippen LogP contribution is 2.29. The molecule has 3 nitrogen and oxygen atoms in total. The van der Waals surface area contributed by atoms with Crippen LogP contribution >= 0.6 is 11.6 Å². The molecular weight excluding hydrogens is 210 g/mol. The van der Waals surface area contributed by atoms with Crippen LogP contribution in [0.3, 0.4) is 0 Å². The van der Waals surface area contributed by atoms with Crippen molar-refractivity contribution in [2.24, 2.45) is 11.7 Å². The Kier molecular flexibility index (Phi) is 2.81. The molecule has 0 spiro atoms. The number of benzene rings is 1. The number of nitrogens with zero attached hydrogens (tertiary/aromatic N) is 2. The van der Waals surface area contributed by atoms with Crippen LogP contribution < -0.4 is 10.6 Å². The Hall–Kier alpha value is -1.24. The molecule has 0 radical (unpaired) electrons. The summed E-state index contributed by atoms with van der Waals surface area (Å²) in [5.74, 6) is 0.562. The molecule has 4 heteroatoms. The average Bonchev–Trinajstić information content (AvgIpc) is 2.18. The zero-order chi connectivity index (χ0) is 10.8. The van der Waals surface area contributed by atoms with Gasteiger partial charge in [-0.15, -0.1) is 0 Å². The highest BCUT2D eigenvalue weighted by atomic mass is 35.5. The number of nitriles is 1. The van der Waals surface area contributed by atoms with E-state index in [0.29, 0.717) is 23.0 Å². The Morgan fingerprint density at radius 3 is 2.87 bits per heavy atom. The summed E-state index contributed by atoms with van der Waals surface area (Å²) in [6.07, 6.45) is 0. The first-order valence-corrected chi connectivity index (χ1v) is 5.27. The smallest absolute Gasteiger partial charge is 0.101 e. The molecule has 2 N–H and O–H groups in total. The molecule has 1 heterocycles. The highest BCUT2D eigenvalue weighted by molar-refractivity contribution is 6.30. The predicted octanol–water partition coefficient (Wildman–Crippen LogP) is 1.61. The lowest BCUT2D eigenvalue weighted by Gasteiger charge is -2.40. The van der Waals surface area contributed by atoms with Gasteiger partial charge < -0.3 is 10.6 Å². The Morgan fingerprint density at radius 2 is 2.27 bits per heavy atom. The quantitative estimate of drug-likeness (QED) is 0.826. The molecule has 78 valence electrons. The molecule has 1 aromatic carbocycles. The van der Waals surface area contributed by atoms with Gasteiger partial charge in [-0.3, -0.25) is 0 Å². The third kappa shape index (κ3) is 1.92. The summed E-state index contributed by atoms with van der Waals surface area (Å²) in [4.78, 5) is 2.16. The second-order valence-corrected chi connectivity index (χ2v) is 4.22. The van der Waals surface area contributed by atoms with E-state index in [1.807, 2.05) is 12.1 Å². The lowest BCUT2D eigenvalue weighted by molar-refractivity contribution is 0.420. The van der Waals surface area contributed by atoms with Crippen molar-refractivity contribution in [1.29, 1.82) is 5.26 Å². The lowest BCUT2D eigenvalue weighted by Crippen LogP contribution is -2.50. The first-order chi connectivity index (χ1) is 7.24. The van der Waals surface area contributed by atoms with Gasteiger partial charge in [-0.05, 0) is 24.7 Å². The molecule has 1 saturated heterocycles. The molecule has 0 bridgehead atoms. The first kappa shape index (κ1) is 10.3. The van der Waals surface area contributed by atoms with Crippen LogP contribution in [0.15, 0.2) is 18.2 Å². The molecule has 1 aliphatic rings. The number of hydrogen-bond donors (Lipinski definition) is 1. The van der Waals surface area contributed by atoms with Gasteiger partial charge in [-0.25, -0.2) is 0 Å². The maximum absolute atomic E-state index is 8.97. The lowest BCUT2D eigenvalue weighted by atomic mass is 9.98. The molecule has 0 amide bonds. The van der Waals surface area contributed by atoms with E-state index < -0.39 is 0 Å². The van der Waals surface area contributed by atoms with E-state index in [4.69, 9.17) is 22.6 Å². The van der Waals surface area contributed by atoms with Gasteiger partial charge in [0.2, 0.25) is 0 Å². The normalized spacial score (nSPS) is 15.9. The van der Waals surface area contributed by atoms with E-state index in [1.54, 1.807) is 6.07 Å². The van der Waals surface area contributed by atoms with Crippen LogP contribution in [-0.2, 0) is 0 Å². The molecular formula is C11H12ClN3. The number of halogens is 1. The fourth-order valence-corrected chi connectivity index (χ4v) is 1.96. The number of rotatable bonds is 2. The summed E-state index contributed by atoms with van der Waals surface area (Å²) in [6, 6.07) is 7.57. The van der Waals surface area contributed by atoms with E-state index in [2.05, 4.69) is 11.0 Å². The molecule has 0 aliphatic carbocycles. The first-order valence-electron chi connectivity index (χ1n) is 4.89. The van der Waals surface area contributed by atoms with Crippen LogP contribution in [0, 0.1) is 17.2 Å². The van der Waals surface area contributed by atoms with Crippen molar-refractivity contribution in [3.63, 3.8) is 0 Å². The van der Waals surface area contributed by atoms with Gasteiger partial charge in [0.15, 0.2) is 0 Å². The minimum atomic E-state index is 0.562. The Balaban J connectivity index is 2.20. The Morgan fingerprint density at radius 1 is 1.53 bits per heavy atom. The summed E-state index contributed by atoms with van der Waals surface area (Å²) in [5, 5.41) is 9.58. The molecule has 15 heavy (non-hydrogen) atoms. The van der Waals surface area contributed by atoms with Crippen LogP contribution in [0.2, 0.25) is 5.02 Å². The van der Waals surface area contributed by atoms with Crippen LogP contribution in [0.4, 0.5) is 5.69 Å². The molecule has 0 unspecified atom stereocenters. The summed E-state index contributed by atoms with van der Waals surface area (Å²) in [5.41, 5.74) is 7.16. The maximum atomic E-state index is 8.97. The van der Waals surface area contributed by atoms with E-state index in [0.717, 1.165) is 18.8 Å². The molecule has 1 aliphatic heterocycles. The number of anilines is 1. The van der Waals surface area contributed by atoms with Crippen molar-refractivity contribution in [3.05, 3.63) is 28.8 Å². The van der Waals surface area contributed by atoms with E-state index in [9.17, 15) is 0 Å². The SMILES string of the molecule is N#Cc1cc(Cl)ccc1N1CC(CN)C1. The monoisotopic (exact) mass is 221 g/mol. The number of nitrogens with two attached hydrogens (primary N) is 1. The van der Waals surface area contributed by atoms with Crippen LogP contribution in [0.25, 0.3) is 0 Å². The highest BCUT2D eigenvalue weighted by Gasteiger charge is 2.26. The van der Waals surface area contributed by atoms with Gasteiger partial charge in [0.1, 0.15) is 6.07 Å². The van der Waals surface area contributed by atoms with Crippen molar-refractivity contribution in [2.45, 2.75) is 0 Å². The minimum absolute atomic E-state index is 0.562. The van der Waals surface area contributed by atoms with Crippen LogP contribution in [-0.4, -0.2) is 19.6 Å². The van der Waals surface area contributed by atoms with Gasteiger partial charge in [-0.2, -0.15) is 5.26 Å².